The van der Waals surface area contributed by atoms with Crippen molar-refractivity contribution in [1.82, 2.24) is 15.2 Å². The predicted molar refractivity (Wildman–Crippen MR) is 79.6 cm³/mol. The normalized spacial score (nSPS) is 12.4. The summed E-state index contributed by atoms with van der Waals surface area (Å²) in [5, 5.41) is 4.33. The quantitative estimate of drug-likeness (QED) is 0.635. The molecule has 0 spiro atoms. The van der Waals surface area contributed by atoms with E-state index in [-0.39, 0.29) is 11.1 Å². The summed E-state index contributed by atoms with van der Waals surface area (Å²) in [6.07, 6.45) is 1.96. The van der Waals surface area contributed by atoms with Crippen LogP contribution in [0.15, 0.2) is 24.4 Å². The van der Waals surface area contributed by atoms with Crippen LogP contribution in [0.5, 0.6) is 5.75 Å². The zero-order valence-corrected chi connectivity index (χ0v) is 12.7. The van der Waals surface area contributed by atoms with Crippen LogP contribution in [0.25, 0.3) is 0 Å². The van der Waals surface area contributed by atoms with Gasteiger partial charge in [0.15, 0.2) is 5.75 Å². The van der Waals surface area contributed by atoms with E-state index in [1.54, 1.807) is 30.1 Å². The molecule has 1 atom stereocenters. The lowest BCUT2D eigenvalue weighted by Crippen LogP contribution is -2.32. The molecular weight excluding hydrogens is 295 g/mol. The van der Waals surface area contributed by atoms with Crippen LogP contribution in [0.1, 0.15) is 24.2 Å². The van der Waals surface area contributed by atoms with Crippen molar-refractivity contribution in [2.45, 2.75) is 25.9 Å². The second kappa shape index (κ2) is 6.89. The highest BCUT2D eigenvalue weighted by Gasteiger charge is 2.22. The summed E-state index contributed by atoms with van der Waals surface area (Å²) < 4.78 is 21.1. The summed E-state index contributed by atoms with van der Waals surface area (Å²) in [6, 6.07) is 4.57. The molecule has 114 valence electrons. The van der Waals surface area contributed by atoms with Gasteiger partial charge in [-0.2, -0.15) is 5.10 Å². The lowest BCUT2D eigenvalue weighted by Gasteiger charge is -2.19. The first kappa shape index (κ1) is 15.8. The van der Waals surface area contributed by atoms with Crippen LogP contribution in [-0.4, -0.2) is 16.9 Å². The fourth-order valence-electron chi connectivity index (χ4n) is 2.30. The second-order valence-electron chi connectivity index (χ2n) is 4.55. The fraction of sp³-hybridized carbons (Fsp3) is 0.357. The Morgan fingerprint density at radius 1 is 1.52 bits per heavy atom. The van der Waals surface area contributed by atoms with E-state index in [4.69, 9.17) is 22.2 Å². The standard InChI is InChI=1S/C14H18ClFN4O/c1-3-20-14(12(21-2)8-18-20)11(19-17)7-9-5-4-6-10(15)13(9)16/h4-6,8,11,19H,3,7,17H2,1-2H3. The van der Waals surface area contributed by atoms with Gasteiger partial charge in [-0.15, -0.1) is 0 Å². The maximum Gasteiger partial charge on any atom is 0.161 e. The molecule has 0 saturated heterocycles. The highest BCUT2D eigenvalue weighted by Crippen LogP contribution is 2.29. The molecule has 21 heavy (non-hydrogen) atoms. The van der Waals surface area contributed by atoms with E-state index >= 15 is 0 Å². The van der Waals surface area contributed by atoms with Crippen molar-refractivity contribution in [3.8, 4) is 5.75 Å². The molecule has 1 unspecified atom stereocenters. The van der Waals surface area contributed by atoms with Crippen LogP contribution >= 0.6 is 11.6 Å². The van der Waals surface area contributed by atoms with Gasteiger partial charge >= 0.3 is 0 Å². The van der Waals surface area contributed by atoms with Crippen molar-refractivity contribution in [2.75, 3.05) is 7.11 Å². The van der Waals surface area contributed by atoms with Crippen LogP contribution in [0.3, 0.4) is 0 Å². The Morgan fingerprint density at radius 3 is 2.90 bits per heavy atom. The Labute approximate surface area is 127 Å². The molecule has 0 amide bonds. The van der Waals surface area contributed by atoms with E-state index in [9.17, 15) is 4.39 Å². The minimum atomic E-state index is -0.430. The molecule has 0 aliphatic rings. The van der Waals surface area contributed by atoms with Crippen molar-refractivity contribution in [3.63, 3.8) is 0 Å². The van der Waals surface area contributed by atoms with E-state index in [2.05, 4.69) is 10.5 Å². The highest BCUT2D eigenvalue weighted by molar-refractivity contribution is 6.30. The number of nitrogens with one attached hydrogen (secondary N) is 1. The molecule has 0 aliphatic carbocycles. The molecule has 0 radical (unpaired) electrons. The third-order valence-corrected chi connectivity index (χ3v) is 3.64. The minimum Gasteiger partial charge on any atom is -0.493 e. The van der Waals surface area contributed by atoms with E-state index in [1.165, 1.54) is 6.07 Å². The lowest BCUT2D eigenvalue weighted by atomic mass is 10.0. The van der Waals surface area contributed by atoms with Gasteiger partial charge in [0.1, 0.15) is 5.82 Å². The molecule has 2 rings (SSSR count). The number of hydrogen-bond acceptors (Lipinski definition) is 4. The summed E-state index contributed by atoms with van der Waals surface area (Å²) in [4.78, 5) is 0. The van der Waals surface area contributed by atoms with Crippen LogP contribution in [0.2, 0.25) is 5.02 Å². The Bertz CT molecular complexity index is 596. The van der Waals surface area contributed by atoms with Gasteiger partial charge in [0.2, 0.25) is 0 Å². The Balaban J connectivity index is 2.36. The van der Waals surface area contributed by atoms with Gasteiger partial charge < -0.3 is 4.74 Å². The zero-order valence-electron chi connectivity index (χ0n) is 11.9. The van der Waals surface area contributed by atoms with Gasteiger partial charge in [-0.25, -0.2) is 4.39 Å². The van der Waals surface area contributed by atoms with Gasteiger partial charge in [0.25, 0.3) is 0 Å². The summed E-state index contributed by atoms with van der Waals surface area (Å²) >= 11 is 5.81. The monoisotopic (exact) mass is 312 g/mol. The van der Waals surface area contributed by atoms with Crippen LogP contribution < -0.4 is 16.0 Å². The lowest BCUT2D eigenvalue weighted by molar-refractivity contribution is 0.390. The van der Waals surface area contributed by atoms with Crippen molar-refractivity contribution < 1.29 is 9.13 Å². The number of ether oxygens (including phenoxy) is 1. The number of methoxy groups -OCH3 is 1. The molecule has 0 saturated carbocycles. The molecule has 1 heterocycles. The number of aryl methyl sites for hydroxylation is 1. The number of halogens is 2. The number of hydrazine groups is 1. The number of rotatable bonds is 6. The van der Waals surface area contributed by atoms with Crippen LogP contribution in [-0.2, 0) is 13.0 Å². The van der Waals surface area contributed by atoms with E-state index < -0.39 is 5.82 Å². The van der Waals surface area contributed by atoms with E-state index in [1.807, 2.05) is 6.92 Å². The largest absolute Gasteiger partial charge is 0.493 e. The molecule has 0 aliphatic heterocycles. The first-order chi connectivity index (χ1) is 10.1. The Morgan fingerprint density at radius 2 is 2.29 bits per heavy atom. The van der Waals surface area contributed by atoms with Gasteiger partial charge in [-0.05, 0) is 25.0 Å². The predicted octanol–water partition coefficient (Wildman–Crippen LogP) is 2.45. The van der Waals surface area contributed by atoms with Crippen LogP contribution in [0, 0.1) is 5.82 Å². The SMILES string of the molecule is CCn1ncc(OC)c1C(Cc1cccc(Cl)c1F)NN. The molecule has 3 N–H and O–H groups in total. The summed E-state index contributed by atoms with van der Waals surface area (Å²) in [7, 11) is 1.56. The minimum absolute atomic E-state index is 0.0965. The molecule has 0 fully saturated rings. The van der Waals surface area contributed by atoms with Gasteiger partial charge in [-0.1, -0.05) is 23.7 Å². The third-order valence-electron chi connectivity index (χ3n) is 3.35. The van der Waals surface area contributed by atoms with Crippen molar-refractivity contribution in [3.05, 3.63) is 46.5 Å². The summed E-state index contributed by atoms with van der Waals surface area (Å²) in [5.74, 6) is 5.83. The highest BCUT2D eigenvalue weighted by atomic mass is 35.5. The number of nitrogens with two attached hydrogens (primary N) is 1. The molecular formula is C14H18ClFN4O. The van der Waals surface area contributed by atoms with E-state index in [0.717, 1.165) is 5.69 Å². The number of aromatic nitrogens is 2. The van der Waals surface area contributed by atoms with Crippen molar-refractivity contribution >= 4 is 11.6 Å². The first-order valence-electron chi connectivity index (χ1n) is 6.61. The fourth-order valence-corrected chi connectivity index (χ4v) is 2.49. The van der Waals surface area contributed by atoms with Gasteiger partial charge in [0.05, 0.1) is 30.1 Å². The maximum absolute atomic E-state index is 14.1. The topological polar surface area (TPSA) is 65.1 Å². The smallest absolute Gasteiger partial charge is 0.161 e. The number of benzene rings is 1. The molecule has 7 heteroatoms. The zero-order chi connectivity index (χ0) is 15.4. The van der Waals surface area contributed by atoms with Crippen molar-refractivity contribution in [1.29, 1.82) is 0 Å². The average Bonchev–Trinajstić information content (AvgIpc) is 2.91. The average molecular weight is 313 g/mol. The number of hydrogen-bond donors (Lipinski definition) is 2. The maximum atomic E-state index is 14.1. The third kappa shape index (κ3) is 3.18. The summed E-state index contributed by atoms with van der Waals surface area (Å²) in [5.41, 5.74) is 3.96. The summed E-state index contributed by atoms with van der Waals surface area (Å²) in [6.45, 7) is 2.62. The Hall–Kier alpha value is -1.63. The second-order valence-corrected chi connectivity index (χ2v) is 4.96. The Kier molecular flexibility index (Phi) is 5.17. The van der Waals surface area contributed by atoms with Crippen molar-refractivity contribution in [2.24, 2.45) is 5.84 Å². The van der Waals surface area contributed by atoms with Gasteiger partial charge in [0, 0.05) is 6.54 Å². The molecule has 1 aromatic heterocycles. The number of nitrogens with zero attached hydrogens (tertiary/aromatic N) is 2. The molecule has 0 bridgehead atoms. The van der Waals surface area contributed by atoms with E-state index in [0.29, 0.717) is 24.3 Å². The molecule has 5 nitrogen and oxygen atoms in total. The van der Waals surface area contributed by atoms with Crippen LogP contribution in [0.4, 0.5) is 4.39 Å². The molecule has 2 aromatic rings. The van der Waals surface area contributed by atoms with Gasteiger partial charge in [-0.3, -0.25) is 16.0 Å². The first-order valence-corrected chi connectivity index (χ1v) is 6.98. The molecule has 1 aromatic carbocycles.